The molecule has 2 fully saturated rings. The molecule has 0 N–H and O–H groups in total. The zero-order valence-electron chi connectivity index (χ0n) is 16.4. The largest absolute Gasteiger partial charge is 0.379 e. The smallest absolute Gasteiger partial charge is 0.123 e. The number of hydrogen-bond acceptors (Lipinski definition) is 5. The highest BCUT2D eigenvalue weighted by Crippen LogP contribution is 2.26. The summed E-state index contributed by atoms with van der Waals surface area (Å²) < 4.78 is 5.44. The number of aromatic nitrogens is 1. The van der Waals surface area contributed by atoms with Crippen LogP contribution in [0, 0.1) is 12.8 Å². The third kappa shape index (κ3) is 5.38. The molecule has 0 spiro atoms. The van der Waals surface area contributed by atoms with Gasteiger partial charge in [-0.1, -0.05) is 29.8 Å². The maximum atomic E-state index is 5.44. The quantitative estimate of drug-likeness (QED) is 0.750. The van der Waals surface area contributed by atoms with E-state index < -0.39 is 0 Å². The van der Waals surface area contributed by atoms with Crippen LogP contribution in [0.5, 0.6) is 0 Å². The summed E-state index contributed by atoms with van der Waals surface area (Å²) in [7, 11) is 0. The fourth-order valence-corrected chi connectivity index (χ4v) is 4.88. The lowest BCUT2D eigenvalue weighted by atomic mass is 9.93. The van der Waals surface area contributed by atoms with Crippen LogP contribution < -0.4 is 0 Å². The summed E-state index contributed by atoms with van der Waals surface area (Å²) in [5, 5.41) is 3.38. The molecule has 3 heterocycles. The molecule has 1 aromatic carbocycles. The number of piperidine rings is 1. The van der Waals surface area contributed by atoms with Gasteiger partial charge in [0.2, 0.25) is 0 Å². The molecule has 2 aromatic rings. The highest BCUT2D eigenvalue weighted by Gasteiger charge is 2.21. The van der Waals surface area contributed by atoms with Gasteiger partial charge in [0.15, 0.2) is 0 Å². The van der Waals surface area contributed by atoms with Crippen molar-refractivity contribution in [1.82, 2.24) is 14.8 Å². The number of aryl methyl sites for hydroxylation is 1. The molecule has 5 heteroatoms. The predicted octanol–water partition coefficient (Wildman–Crippen LogP) is 4.05. The molecule has 0 unspecified atom stereocenters. The first-order valence-corrected chi connectivity index (χ1v) is 11.2. The molecule has 4 nitrogen and oxygen atoms in total. The number of rotatable bonds is 6. The molecule has 27 heavy (non-hydrogen) atoms. The van der Waals surface area contributed by atoms with Crippen LogP contribution in [0.4, 0.5) is 0 Å². The monoisotopic (exact) mass is 385 g/mol. The summed E-state index contributed by atoms with van der Waals surface area (Å²) in [6.07, 6.45) is 4.01. The minimum Gasteiger partial charge on any atom is -0.379 e. The molecule has 4 rings (SSSR count). The highest BCUT2D eigenvalue weighted by atomic mass is 32.1. The third-order valence-electron chi connectivity index (χ3n) is 5.90. The molecular formula is C22H31N3OS. The molecule has 0 atom stereocenters. The molecule has 0 bridgehead atoms. The van der Waals surface area contributed by atoms with E-state index in [0.29, 0.717) is 0 Å². The number of nitrogens with zero attached hydrogens (tertiary/aromatic N) is 3. The van der Waals surface area contributed by atoms with Gasteiger partial charge in [-0.05, 0) is 51.7 Å². The molecule has 0 amide bonds. The number of ether oxygens (including phenoxy) is 1. The lowest BCUT2D eigenvalue weighted by Gasteiger charge is -2.33. The number of thiazole rings is 1. The van der Waals surface area contributed by atoms with Crippen molar-refractivity contribution >= 4 is 11.3 Å². The van der Waals surface area contributed by atoms with Crippen molar-refractivity contribution in [3.05, 3.63) is 40.9 Å². The van der Waals surface area contributed by atoms with E-state index in [1.54, 1.807) is 11.3 Å². The fourth-order valence-electron chi connectivity index (χ4n) is 4.06. The molecule has 2 saturated heterocycles. The first-order chi connectivity index (χ1) is 13.3. The maximum absolute atomic E-state index is 5.44. The molecule has 0 saturated carbocycles. The van der Waals surface area contributed by atoms with E-state index in [4.69, 9.17) is 9.72 Å². The second-order valence-corrected chi connectivity index (χ2v) is 8.83. The second kappa shape index (κ2) is 9.28. The van der Waals surface area contributed by atoms with Crippen molar-refractivity contribution in [2.24, 2.45) is 5.92 Å². The van der Waals surface area contributed by atoms with Crippen LogP contribution in [-0.4, -0.2) is 60.7 Å². The number of benzene rings is 1. The highest BCUT2D eigenvalue weighted by molar-refractivity contribution is 7.13. The standard InChI is InChI=1S/C22H31N3OS/c1-18-2-4-20(5-3-18)22-23-21(17-27-22)16-25-10-7-19(8-11-25)6-9-24-12-14-26-15-13-24/h2-5,17,19H,6-16H2,1H3. The minimum absolute atomic E-state index is 0.891. The van der Waals surface area contributed by atoms with Crippen molar-refractivity contribution < 1.29 is 4.74 Å². The van der Waals surface area contributed by atoms with E-state index in [1.807, 2.05) is 0 Å². The summed E-state index contributed by atoms with van der Waals surface area (Å²) in [4.78, 5) is 10.0. The Morgan fingerprint density at radius 2 is 1.78 bits per heavy atom. The summed E-state index contributed by atoms with van der Waals surface area (Å²) in [6, 6.07) is 8.69. The predicted molar refractivity (Wildman–Crippen MR) is 112 cm³/mol. The Balaban J connectivity index is 1.22. The third-order valence-corrected chi connectivity index (χ3v) is 6.84. The zero-order valence-corrected chi connectivity index (χ0v) is 17.2. The summed E-state index contributed by atoms with van der Waals surface area (Å²) >= 11 is 1.77. The lowest BCUT2D eigenvalue weighted by Crippen LogP contribution is -2.39. The summed E-state index contributed by atoms with van der Waals surface area (Å²) in [6.45, 7) is 10.9. The number of likely N-dealkylation sites (tertiary alicyclic amines) is 1. The van der Waals surface area contributed by atoms with Crippen LogP contribution >= 0.6 is 11.3 Å². The van der Waals surface area contributed by atoms with Crippen LogP contribution in [0.3, 0.4) is 0 Å². The van der Waals surface area contributed by atoms with Crippen LogP contribution in [0.25, 0.3) is 10.6 Å². The first kappa shape index (κ1) is 19.1. The molecule has 2 aliphatic heterocycles. The van der Waals surface area contributed by atoms with Crippen molar-refractivity contribution in [3.63, 3.8) is 0 Å². The average Bonchev–Trinajstić information content (AvgIpc) is 3.17. The van der Waals surface area contributed by atoms with Gasteiger partial charge in [0.05, 0.1) is 18.9 Å². The average molecular weight is 386 g/mol. The minimum atomic E-state index is 0.891. The first-order valence-electron chi connectivity index (χ1n) is 10.3. The Morgan fingerprint density at radius 3 is 2.52 bits per heavy atom. The van der Waals surface area contributed by atoms with Gasteiger partial charge in [0.1, 0.15) is 5.01 Å². The van der Waals surface area contributed by atoms with Gasteiger partial charge in [0.25, 0.3) is 0 Å². The zero-order chi connectivity index (χ0) is 18.5. The topological polar surface area (TPSA) is 28.6 Å². The Morgan fingerprint density at radius 1 is 1.04 bits per heavy atom. The van der Waals surface area contributed by atoms with E-state index in [2.05, 4.69) is 46.4 Å². The van der Waals surface area contributed by atoms with E-state index in [9.17, 15) is 0 Å². The summed E-state index contributed by atoms with van der Waals surface area (Å²) in [5.74, 6) is 0.891. The van der Waals surface area contributed by atoms with Crippen molar-refractivity contribution in [2.75, 3.05) is 45.9 Å². The Labute approximate surface area is 167 Å². The van der Waals surface area contributed by atoms with Gasteiger partial charge in [-0.15, -0.1) is 11.3 Å². The molecule has 0 radical (unpaired) electrons. The maximum Gasteiger partial charge on any atom is 0.123 e. The van der Waals surface area contributed by atoms with Crippen LogP contribution in [0.15, 0.2) is 29.6 Å². The van der Waals surface area contributed by atoms with Crippen LogP contribution in [0.2, 0.25) is 0 Å². The van der Waals surface area contributed by atoms with Crippen molar-refractivity contribution in [2.45, 2.75) is 32.7 Å². The molecule has 0 aliphatic carbocycles. The molecule has 2 aliphatic rings. The van der Waals surface area contributed by atoms with Gasteiger partial charge in [0, 0.05) is 30.6 Å². The normalized spacial score (nSPS) is 20.2. The SMILES string of the molecule is Cc1ccc(-c2nc(CN3CCC(CCN4CCOCC4)CC3)cs2)cc1. The summed E-state index contributed by atoms with van der Waals surface area (Å²) in [5.41, 5.74) is 3.76. The van der Waals surface area contributed by atoms with E-state index in [-0.39, 0.29) is 0 Å². The van der Waals surface area contributed by atoms with E-state index >= 15 is 0 Å². The number of hydrogen-bond donors (Lipinski definition) is 0. The van der Waals surface area contributed by atoms with Gasteiger partial charge in [-0.25, -0.2) is 4.98 Å². The van der Waals surface area contributed by atoms with Gasteiger partial charge in [-0.3, -0.25) is 9.80 Å². The fraction of sp³-hybridized carbons (Fsp3) is 0.591. The second-order valence-electron chi connectivity index (χ2n) is 7.97. The molecular weight excluding hydrogens is 354 g/mol. The lowest BCUT2D eigenvalue weighted by molar-refractivity contribution is 0.0334. The number of morpholine rings is 1. The Bertz CT molecular complexity index is 701. The Kier molecular flexibility index (Phi) is 6.56. The van der Waals surface area contributed by atoms with Gasteiger partial charge < -0.3 is 4.74 Å². The van der Waals surface area contributed by atoms with Gasteiger partial charge in [-0.2, -0.15) is 0 Å². The van der Waals surface area contributed by atoms with Crippen LogP contribution in [0.1, 0.15) is 30.5 Å². The molecule has 146 valence electrons. The van der Waals surface area contributed by atoms with Crippen molar-refractivity contribution in [3.8, 4) is 10.6 Å². The van der Waals surface area contributed by atoms with Crippen LogP contribution in [-0.2, 0) is 11.3 Å². The van der Waals surface area contributed by atoms with E-state index in [0.717, 1.165) is 43.8 Å². The van der Waals surface area contributed by atoms with Crippen molar-refractivity contribution in [1.29, 1.82) is 0 Å². The van der Waals surface area contributed by atoms with E-state index in [1.165, 1.54) is 55.7 Å². The Hall–Kier alpha value is -1.27. The molecule has 1 aromatic heterocycles. The van der Waals surface area contributed by atoms with Gasteiger partial charge >= 0.3 is 0 Å².